The van der Waals surface area contributed by atoms with Gasteiger partial charge in [-0.1, -0.05) is 31.2 Å². The van der Waals surface area contributed by atoms with Crippen LogP contribution in [0.1, 0.15) is 35.0 Å². The Kier molecular flexibility index (Phi) is 5.32. The van der Waals surface area contributed by atoms with E-state index in [4.69, 9.17) is 0 Å². The second-order valence-corrected chi connectivity index (χ2v) is 4.97. The second-order valence-electron chi connectivity index (χ2n) is 4.97. The summed E-state index contributed by atoms with van der Waals surface area (Å²) in [5.41, 5.74) is 3.87. The van der Waals surface area contributed by atoms with Crippen molar-refractivity contribution >= 4 is 11.6 Å². The summed E-state index contributed by atoms with van der Waals surface area (Å²) in [5.74, 6) is -0.123. The predicted octanol–water partition coefficient (Wildman–Crippen LogP) is 3.14. The molecule has 4 heteroatoms. The average molecular weight is 283 g/mol. The average Bonchev–Trinajstić information content (AvgIpc) is 2.52. The smallest absolute Gasteiger partial charge is 0.269 e. The Morgan fingerprint density at radius 3 is 2.67 bits per heavy atom. The van der Waals surface area contributed by atoms with Gasteiger partial charge in [-0.25, -0.2) is 4.98 Å². The monoisotopic (exact) mass is 283 g/mol. The summed E-state index contributed by atoms with van der Waals surface area (Å²) in [6.45, 7) is 5.53. The largest absolute Gasteiger partial charge is 0.380 e. The molecule has 0 fully saturated rings. The Morgan fingerprint density at radius 1 is 1.19 bits per heavy atom. The first-order valence-corrected chi connectivity index (χ1v) is 7.23. The highest BCUT2D eigenvalue weighted by Gasteiger charge is 2.05. The van der Waals surface area contributed by atoms with Crippen LogP contribution in [0.3, 0.4) is 0 Å². The molecule has 1 aromatic carbocycles. The van der Waals surface area contributed by atoms with E-state index >= 15 is 0 Å². The van der Waals surface area contributed by atoms with Gasteiger partial charge in [-0.15, -0.1) is 0 Å². The number of amides is 1. The van der Waals surface area contributed by atoms with Gasteiger partial charge in [0.25, 0.3) is 5.91 Å². The normalized spacial score (nSPS) is 10.2. The van der Waals surface area contributed by atoms with Crippen molar-refractivity contribution in [2.24, 2.45) is 0 Å². The second kappa shape index (κ2) is 7.43. The van der Waals surface area contributed by atoms with Crippen LogP contribution < -0.4 is 10.6 Å². The van der Waals surface area contributed by atoms with Crippen molar-refractivity contribution in [3.8, 4) is 0 Å². The number of carbonyl (C=O) groups is 1. The molecule has 2 N–H and O–H groups in total. The molecule has 0 unspecified atom stereocenters. The quantitative estimate of drug-likeness (QED) is 0.856. The highest BCUT2D eigenvalue weighted by molar-refractivity contribution is 5.92. The molecule has 110 valence electrons. The minimum Gasteiger partial charge on any atom is -0.380 e. The number of benzene rings is 1. The van der Waals surface area contributed by atoms with Crippen molar-refractivity contribution < 1.29 is 4.79 Å². The van der Waals surface area contributed by atoms with Gasteiger partial charge in [-0.3, -0.25) is 4.79 Å². The Bertz CT molecular complexity index is 593. The number of nitrogens with one attached hydrogen (secondary N) is 2. The van der Waals surface area contributed by atoms with Gasteiger partial charge in [-0.05, 0) is 36.6 Å². The van der Waals surface area contributed by atoms with E-state index in [0.717, 1.165) is 18.7 Å². The number of hydrogen-bond acceptors (Lipinski definition) is 3. The lowest BCUT2D eigenvalue weighted by Crippen LogP contribution is -2.24. The third-order valence-corrected chi connectivity index (χ3v) is 3.28. The summed E-state index contributed by atoms with van der Waals surface area (Å²) in [4.78, 5) is 15.9. The molecule has 0 aliphatic rings. The molecular formula is C17H21N3O. The number of nitrogens with zero attached hydrogens (tertiary/aromatic N) is 1. The van der Waals surface area contributed by atoms with Crippen LogP contribution in [0, 0.1) is 6.92 Å². The van der Waals surface area contributed by atoms with Crippen LogP contribution in [-0.2, 0) is 6.54 Å². The highest BCUT2D eigenvalue weighted by Crippen LogP contribution is 2.11. The molecule has 4 nitrogen and oxygen atoms in total. The van der Waals surface area contributed by atoms with Crippen molar-refractivity contribution in [1.29, 1.82) is 0 Å². The molecule has 2 aromatic rings. The van der Waals surface area contributed by atoms with Crippen LogP contribution in [0.15, 0.2) is 42.6 Å². The molecule has 21 heavy (non-hydrogen) atoms. The number of carbonyl (C=O) groups excluding carboxylic acids is 1. The molecule has 1 amide bonds. The van der Waals surface area contributed by atoms with Crippen molar-refractivity contribution in [1.82, 2.24) is 10.3 Å². The SMILES string of the molecule is CCCNC(=O)c1ccc(NCc2ccccc2C)cn1. The molecule has 0 radical (unpaired) electrons. The van der Waals surface area contributed by atoms with E-state index in [0.29, 0.717) is 12.2 Å². The Hall–Kier alpha value is -2.36. The zero-order chi connectivity index (χ0) is 15.1. The Labute approximate surface area is 125 Å². The third-order valence-electron chi connectivity index (χ3n) is 3.28. The molecule has 0 aliphatic carbocycles. The van der Waals surface area contributed by atoms with Crippen LogP contribution in [0.2, 0.25) is 0 Å². The predicted molar refractivity (Wildman–Crippen MR) is 85.4 cm³/mol. The molecule has 0 spiro atoms. The van der Waals surface area contributed by atoms with Crippen molar-refractivity contribution in [3.05, 3.63) is 59.4 Å². The first-order chi connectivity index (χ1) is 10.2. The van der Waals surface area contributed by atoms with E-state index in [1.165, 1.54) is 11.1 Å². The van der Waals surface area contributed by atoms with Crippen LogP contribution in [0.25, 0.3) is 0 Å². The number of hydrogen-bond donors (Lipinski definition) is 2. The van der Waals surface area contributed by atoms with Gasteiger partial charge in [0.15, 0.2) is 0 Å². The molecule has 0 atom stereocenters. The maximum Gasteiger partial charge on any atom is 0.269 e. The van der Waals surface area contributed by atoms with E-state index in [1.54, 1.807) is 12.3 Å². The molecule has 0 bridgehead atoms. The summed E-state index contributed by atoms with van der Waals surface area (Å²) in [6.07, 6.45) is 2.61. The lowest BCUT2D eigenvalue weighted by atomic mass is 10.1. The minimum atomic E-state index is -0.123. The number of rotatable bonds is 6. The van der Waals surface area contributed by atoms with Gasteiger partial charge in [0.2, 0.25) is 0 Å². The van der Waals surface area contributed by atoms with Crippen LogP contribution in [0.5, 0.6) is 0 Å². The van der Waals surface area contributed by atoms with E-state index in [9.17, 15) is 4.79 Å². The van der Waals surface area contributed by atoms with E-state index in [-0.39, 0.29) is 5.91 Å². The summed E-state index contributed by atoms with van der Waals surface area (Å²) in [7, 11) is 0. The summed E-state index contributed by atoms with van der Waals surface area (Å²) < 4.78 is 0. The molecule has 0 saturated carbocycles. The van der Waals surface area contributed by atoms with Crippen molar-refractivity contribution in [2.75, 3.05) is 11.9 Å². The van der Waals surface area contributed by atoms with Gasteiger partial charge >= 0.3 is 0 Å². The molecule has 1 heterocycles. The Balaban J connectivity index is 1.93. The standard InChI is InChI=1S/C17H21N3O/c1-3-10-18-17(21)16-9-8-15(12-20-16)19-11-14-7-5-4-6-13(14)2/h4-9,12,19H,3,10-11H2,1-2H3,(H,18,21). The van der Waals surface area contributed by atoms with Crippen molar-refractivity contribution in [3.63, 3.8) is 0 Å². The first kappa shape index (κ1) is 15.0. The van der Waals surface area contributed by atoms with Gasteiger partial charge in [0.1, 0.15) is 5.69 Å². The van der Waals surface area contributed by atoms with Gasteiger partial charge in [-0.2, -0.15) is 0 Å². The molecular weight excluding hydrogens is 262 g/mol. The summed E-state index contributed by atoms with van der Waals surface area (Å²) in [5, 5.41) is 6.13. The lowest BCUT2D eigenvalue weighted by molar-refractivity contribution is 0.0949. The van der Waals surface area contributed by atoms with Crippen molar-refractivity contribution in [2.45, 2.75) is 26.8 Å². The number of aromatic nitrogens is 1. The molecule has 1 aromatic heterocycles. The van der Waals surface area contributed by atoms with E-state index in [1.807, 2.05) is 25.1 Å². The lowest BCUT2D eigenvalue weighted by Gasteiger charge is -2.09. The molecule has 0 aliphatic heterocycles. The van der Waals surface area contributed by atoms with E-state index < -0.39 is 0 Å². The summed E-state index contributed by atoms with van der Waals surface area (Å²) >= 11 is 0. The molecule has 0 saturated heterocycles. The van der Waals surface area contributed by atoms with Crippen LogP contribution in [0.4, 0.5) is 5.69 Å². The maximum atomic E-state index is 11.7. The summed E-state index contributed by atoms with van der Waals surface area (Å²) in [6, 6.07) is 11.9. The fourth-order valence-electron chi connectivity index (χ4n) is 1.97. The number of aryl methyl sites for hydroxylation is 1. The van der Waals surface area contributed by atoms with Gasteiger partial charge in [0, 0.05) is 13.1 Å². The minimum absolute atomic E-state index is 0.123. The topological polar surface area (TPSA) is 54.0 Å². The number of anilines is 1. The van der Waals surface area contributed by atoms with Crippen LogP contribution in [-0.4, -0.2) is 17.4 Å². The Morgan fingerprint density at radius 2 is 2.00 bits per heavy atom. The zero-order valence-electron chi connectivity index (χ0n) is 12.5. The van der Waals surface area contributed by atoms with Gasteiger partial charge in [0.05, 0.1) is 11.9 Å². The first-order valence-electron chi connectivity index (χ1n) is 7.23. The third kappa shape index (κ3) is 4.31. The zero-order valence-corrected chi connectivity index (χ0v) is 12.5. The molecule has 2 rings (SSSR count). The highest BCUT2D eigenvalue weighted by atomic mass is 16.1. The fraction of sp³-hybridized carbons (Fsp3) is 0.294. The van der Waals surface area contributed by atoms with Crippen LogP contribution >= 0.6 is 0 Å². The maximum absolute atomic E-state index is 11.7. The fourth-order valence-corrected chi connectivity index (χ4v) is 1.97. The van der Waals surface area contributed by atoms with E-state index in [2.05, 4.69) is 34.7 Å². The number of pyridine rings is 1. The van der Waals surface area contributed by atoms with Gasteiger partial charge < -0.3 is 10.6 Å².